The molecule has 0 saturated heterocycles. The van der Waals surface area contributed by atoms with E-state index in [1.807, 2.05) is 36.4 Å². The quantitative estimate of drug-likeness (QED) is 0.193. The van der Waals surface area contributed by atoms with Crippen LogP contribution in [0.5, 0.6) is 0 Å². The van der Waals surface area contributed by atoms with Gasteiger partial charge in [0.2, 0.25) is 0 Å². The summed E-state index contributed by atoms with van der Waals surface area (Å²) in [6, 6.07) is 52.1. The minimum Gasteiger partial charge on any atom is -0.253 e. The number of fused-ring (bicyclic) bond motifs is 1. The first-order chi connectivity index (χ1) is 22.8. The SMILES string of the molecule is c1ccc(-c2ccccc2-c2ccc(-c3nc(-c4ccccn4)nc(-c4ccccn4)n3)cc2-c2ccc3ccccc3c2)cc1. The molecule has 0 N–H and O–H groups in total. The first-order valence-electron chi connectivity index (χ1n) is 15.2. The lowest BCUT2D eigenvalue weighted by molar-refractivity contribution is 1.05. The van der Waals surface area contributed by atoms with Crippen LogP contribution in [0.25, 0.3) is 78.6 Å². The van der Waals surface area contributed by atoms with Crippen LogP contribution in [0.1, 0.15) is 0 Å². The van der Waals surface area contributed by atoms with Crippen molar-refractivity contribution >= 4 is 10.8 Å². The average Bonchev–Trinajstić information content (AvgIpc) is 3.15. The van der Waals surface area contributed by atoms with E-state index >= 15 is 0 Å². The van der Waals surface area contributed by atoms with Gasteiger partial charge in [0.15, 0.2) is 17.5 Å². The molecular weight excluding hydrogens is 562 g/mol. The third-order valence-corrected chi connectivity index (χ3v) is 8.06. The lowest BCUT2D eigenvalue weighted by Crippen LogP contribution is -2.02. The second kappa shape index (κ2) is 12.0. The highest BCUT2D eigenvalue weighted by Gasteiger charge is 2.18. The first kappa shape index (κ1) is 27.2. The molecule has 0 atom stereocenters. The molecule has 0 unspecified atom stereocenters. The van der Waals surface area contributed by atoms with Gasteiger partial charge in [-0.25, -0.2) is 15.0 Å². The van der Waals surface area contributed by atoms with Gasteiger partial charge in [-0.3, -0.25) is 9.97 Å². The molecule has 5 aromatic carbocycles. The van der Waals surface area contributed by atoms with E-state index in [-0.39, 0.29) is 0 Å². The maximum atomic E-state index is 4.94. The molecule has 0 amide bonds. The van der Waals surface area contributed by atoms with E-state index in [1.54, 1.807) is 12.4 Å². The van der Waals surface area contributed by atoms with Crippen LogP contribution in [0, 0.1) is 0 Å². The van der Waals surface area contributed by atoms with E-state index in [0.717, 1.165) is 27.8 Å². The van der Waals surface area contributed by atoms with E-state index < -0.39 is 0 Å². The highest BCUT2D eigenvalue weighted by molar-refractivity contribution is 5.96. The summed E-state index contributed by atoms with van der Waals surface area (Å²) in [5.74, 6) is 1.55. The Balaban J connectivity index is 1.36. The summed E-state index contributed by atoms with van der Waals surface area (Å²) in [5, 5.41) is 2.38. The van der Waals surface area contributed by atoms with Gasteiger partial charge in [0.1, 0.15) is 11.4 Å². The van der Waals surface area contributed by atoms with Gasteiger partial charge in [0, 0.05) is 18.0 Å². The molecule has 0 aliphatic heterocycles. The molecule has 0 aliphatic rings. The minimum absolute atomic E-state index is 0.497. The van der Waals surface area contributed by atoms with Crippen molar-refractivity contribution in [3.63, 3.8) is 0 Å². The third-order valence-electron chi connectivity index (χ3n) is 8.06. The summed E-state index contributed by atoms with van der Waals surface area (Å²) in [5.41, 5.74) is 9.05. The van der Waals surface area contributed by atoms with Crippen LogP contribution >= 0.6 is 0 Å². The van der Waals surface area contributed by atoms with E-state index in [2.05, 4.69) is 125 Å². The van der Waals surface area contributed by atoms with Gasteiger partial charge in [0.25, 0.3) is 0 Å². The van der Waals surface area contributed by atoms with Crippen LogP contribution in [0.2, 0.25) is 0 Å². The van der Waals surface area contributed by atoms with E-state index in [1.165, 1.54) is 21.9 Å². The van der Waals surface area contributed by atoms with Gasteiger partial charge in [-0.05, 0) is 80.6 Å². The summed E-state index contributed by atoms with van der Waals surface area (Å²) in [6.45, 7) is 0. The summed E-state index contributed by atoms with van der Waals surface area (Å²) in [7, 11) is 0. The van der Waals surface area contributed by atoms with Gasteiger partial charge >= 0.3 is 0 Å². The summed E-state index contributed by atoms with van der Waals surface area (Å²) in [4.78, 5) is 23.7. The zero-order valence-electron chi connectivity index (χ0n) is 24.8. The molecular formula is C41H27N5. The number of nitrogens with zero attached hydrogens (tertiary/aromatic N) is 5. The van der Waals surface area contributed by atoms with Crippen molar-refractivity contribution in [2.75, 3.05) is 0 Å². The number of aromatic nitrogens is 5. The van der Waals surface area contributed by atoms with Crippen molar-refractivity contribution in [3.8, 4) is 67.8 Å². The zero-order valence-corrected chi connectivity index (χ0v) is 24.8. The topological polar surface area (TPSA) is 64.5 Å². The van der Waals surface area contributed by atoms with Crippen LogP contribution in [0.15, 0.2) is 164 Å². The number of hydrogen-bond donors (Lipinski definition) is 0. The fourth-order valence-electron chi connectivity index (χ4n) is 5.83. The van der Waals surface area contributed by atoms with E-state index in [4.69, 9.17) is 15.0 Å². The van der Waals surface area contributed by atoms with Crippen molar-refractivity contribution in [1.82, 2.24) is 24.9 Å². The zero-order chi connectivity index (χ0) is 30.7. The van der Waals surface area contributed by atoms with Crippen molar-refractivity contribution in [3.05, 3.63) is 164 Å². The molecule has 0 spiro atoms. The molecule has 0 radical (unpaired) electrons. The van der Waals surface area contributed by atoms with Gasteiger partial charge < -0.3 is 0 Å². The van der Waals surface area contributed by atoms with Crippen molar-refractivity contribution in [2.45, 2.75) is 0 Å². The molecule has 3 aromatic heterocycles. The smallest absolute Gasteiger partial charge is 0.182 e. The van der Waals surface area contributed by atoms with Gasteiger partial charge in [-0.2, -0.15) is 0 Å². The van der Waals surface area contributed by atoms with Crippen LogP contribution in [-0.4, -0.2) is 24.9 Å². The average molecular weight is 590 g/mol. The molecule has 5 nitrogen and oxygen atoms in total. The Hall–Kier alpha value is -6.33. The number of rotatable bonds is 6. The normalized spacial score (nSPS) is 11.0. The second-order valence-electron chi connectivity index (χ2n) is 11.0. The predicted octanol–water partition coefficient (Wildman–Crippen LogP) is 9.82. The fraction of sp³-hybridized carbons (Fsp3) is 0. The number of hydrogen-bond acceptors (Lipinski definition) is 5. The van der Waals surface area contributed by atoms with Crippen LogP contribution < -0.4 is 0 Å². The molecule has 8 aromatic rings. The third kappa shape index (κ3) is 5.31. The second-order valence-corrected chi connectivity index (χ2v) is 11.0. The monoisotopic (exact) mass is 589 g/mol. The summed E-state index contributed by atoms with van der Waals surface area (Å²) in [6.07, 6.45) is 3.49. The molecule has 0 aliphatic carbocycles. The van der Waals surface area contributed by atoms with E-state index in [9.17, 15) is 0 Å². The highest BCUT2D eigenvalue weighted by atomic mass is 15.1. The van der Waals surface area contributed by atoms with Crippen LogP contribution in [0.3, 0.4) is 0 Å². The van der Waals surface area contributed by atoms with Crippen LogP contribution in [-0.2, 0) is 0 Å². The first-order valence-corrected chi connectivity index (χ1v) is 15.2. The summed E-state index contributed by atoms with van der Waals surface area (Å²) < 4.78 is 0. The molecule has 46 heavy (non-hydrogen) atoms. The largest absolute Gasteiger partial charge is 0.253 e. The molecule has 0 bridgehead atoms. The minimum atomic E-state index is 0.497. The lowest BCUT2D eigenvalue weighted by atomic mass is 9.88. The fourth-order valence-corrected chi connectivity index (χ4v) is 5.83. The molecule has 216 valence electrons. The molecule has 3 heterocycles. The Morgan fingerprint density at radius 1 is 0.304 bits per heavy atom. The lowest BCUT2D eigenvalue weighted by Gasteiger charge is -2.17. The number of pyridine rings is 2. The summed E-state index contributed by atoms with van der Waals surface area (Å²) >= 11 is 0. The van der Waals surface area contributed by atoms with Crippen LogP contribution in [0.4, 0.5) is 0 Å². The van der Waals surface area contributed by atoms with Gasteiger partial charge in [-0.1, -0.05) is 115 Å². The van der Waals surface area contributed by atoms with Crippen molar-refractivity contribution < 1.29 is 0 Å². The number of benzene rings is 5. The molecule has 0 fully saturated rings. The Kier molecular flexibility index (Phi) is 7.09. The Morgan fingerprint density at radius 3 is 1.57 bits per heavy atom. The highest BCUT2D eigenvalue weighted by Crippen LogP contribution is 2.40. The van der Waals surface area contributed by atoms with E-state index in [0.29, 0.717) is 28.9 Å². The maximum absolute atomic E-state index is 4.94. The standard InChI is InChI=1S/C41H27N5/c1-2-13-29(14-3-1)33-16-6-7-17-34(33)35-23-22-32(27-36(35)31-21-20-28-12-4-5-15-30(28)26-31)39-44-40(37-18-8-10-24-42-37)46-41(45-39)38-19-9-11-25-43-38/h1-27H. The van der Waals surface area contributed by atoms with Crippen molar-refractivity contribution in [1.29, 1.82) is 0 Å². The molecule has 0 saturated carbocycles. The molecule has 8 rings (SSSR count). The Labute approximate surface area is 267 Å². The Morgan fingerprint density at radius 2 is 0.870 bits per heavy atom. The molecule has 5 heteroatoms. The van der Waals surface area contributed by atoms with Gasteiger partial charge in [-0.15, -0.1) is 0 Å². The van der Waals surface area contributed by atoms with Crippen molar-refractivity contribution in [2.24, 2.45) is 0 Å². The predicted molar refractivity (Wildman–Crippen MR) is 186 cm³/mol. The maximum Gasteiger partial charge on any atom is 0.182 e. The van der Waals surface area contributed by atoms with Gasteiger partial charge in [0.05, 0.1) is 0 Å². The Bertz CT molecular complexity index is 2250.